The molecule has 1 fully saturated rings. The van der Waals surface area contributed by atoms with Gasteiger partial charge in [0.2, 0.25) is 0 Å². The van der Waals surface area contributed by atoms with Gasteiger partial charge in [0.1, 0.15) is 0 Å². The van der Waals surface area contributed by atoms with Crippen LogP contribution in [0.2, 0.25) is 0 Å². The number of hydrogen-bond donors (Lipinski definition) is 1. The second kappa shape index (κ2) is 6.02. The average Bonchev–Trinajstić information content (AvgIpc) is 2.86. The van der Waals surface area contributed by atoms with E-state index >= 15 is 0 Å². The van der Waals surface area contributed by atoms with Crippen molar-refractivity contribution < 1.29 is 0 Å². The number of aromatic nitrogens is 2. The third-order valence-electron chi connectivity index (χ3n) is 4.29. The number of nitrogens with one attached hydrogen (secondary N) is 1. The van der Waals surface area contributed by atoms with Gasteiger partial charge in [-0.25, -0.2) is 0 Å². The van der Waals surface area contributed by atoms with E-state index < -0.39 is 0 Å². The molecule has 106 valence electrons. The van der Waals surface area contributed by atoms with Gasteiger partial charge in [-0.15, -0.1) is 5.10 Å². The van der Waals surface area contributed by atoms with E-state index in [1.54, 1.807) is 0 Å². The Morgan fingerprint density at radius 2 is 2.25 bits per heavy atom. The lowest BCUT2D eigenvalue weighted by Gasteiger charge is -2.27. The van der Waals surface area contributed by atoms with Gasteiger partial charge in [0.05, 0.1) is 16.6 Å². The van der Waals surface area contributed by atoms with Gasteiger partial charge >= 0.3 is 0 Å². The molecule has 1 unspecified atom stereocenters. The minimum Gasteiger partial charge on any atom is -0.309 e. The van der Waals surface area contributed by atoms with Crippen LogP contribution < -0.4 is 5.32 Å². The number of benzene rings is 1. The van der Waals surface area contributed by atoms with Crippen molar-refractivity contribution in [3.05, 3.63) is 46.0 Å². The maximum atomic E-state index is 4.24. The topological polar surface area (TPSA) is 37.8 Å². The lowest BCUT2D eigenvalue weighted by atomic mass is 9.79. The second-order valence-corrected chi connectivity index (χ2v) is 6.24. The van der Waals surface area contributed by atoms with Gasteiger partial charge in [-0.2, -0.15) is 0 Å². The van der Waals surface area contributed by atoms with E-state index in [9.17, 15) is 0 Å². The van der Waals surface area contributed by atoms with E-state index in [4.69, 9.17) is 0 Å². The van der Waals surface area contributed by atoms with Gasteiger partial charge in [0.15, 0.2) is 0 Å². The van der Waals surface area contributed by atoms with Crippen molar-refractivity contribution in [3.8, 4) is 0 Å². The van der Waals surface area contributed by atoms with Crippen LogP contribution in [0.25, 0.3) is 0 Å². The predicted molar refractivity (Wildman–Crippen MR) is 83.2 cm³/mol. The largest absolute Gasteiger partial charge is 0.309 e. The van der Waals surface area contributed by atoms with Crippen LogP contribution in [0.4, 0.5) is 0 Å². The Balaban J connectivity index is 1.92. The SMILES string of the molecule is CCc1nnsc1C(NC)c1cccc(C2CCC2)c1. The van der Waals surface area contributed by atoms with Crippen molar-refractivity contribution in [3.63, 3.8) is 0 Å². The fourth-order valence-corrected chi connectivity index (χ4v) is 3.74. The lowest BCUT2D eigenvalue weighted by molar-refractivity contribution is 0.419. The second-order valence-electron chi connectivity index (χ2n) is 5.46. The van der Waals surface area contributed by atoms with Crippen LogP contribution in [0.3, 0.4) is 0 Å². The zero-order chi connectivity index (χ0) is 13.9. The highest BCUT2D eigenvalue weighted by atomic mass is 32.1. The molecule has 1 aromatic carbocycles. The Hall–Kier alpha value is -1.26. The first-order valence-electron chi connectivity index (χ1n) is 7.41. The predicted octanol–water partition coefficient (Wildman–Crippen LogP) is 3.68. The standard InChI is InChI=1S/C16H21N3S/c1-3-14-16(20-19-18-14)15(17-2)13-9-5-8-12(10-13)11-6-4-7-11/h5,8-11,15,17H,3-4,6-7H2,1-2H3. The maximum absolute atomic E-state index is 4.24. The van der Waals surface area contributed by atoms with Crippen LogP contribution in [-0.4, -0.2) is 16.6 Å². The van der Waals surface area contributed by atoms with E-state index in [-0.39, 0.29) is 6.04 Å². The van der Waals surface area contributed by atoms with Crippen LogP contribution >= 0.6 is 11.5 Å². The zero-order valence-electron chi connectivity index (χ0n) is 12.1. The molecule has 1 heterocycles. The van der Waals surface area contributed by atoms with E-state index in [0.29, 0.717) is 0 Å². The van der Waals surface area contributed by atoms with Crippen molar-refractivity contribution in [2.75, 3.05) is 7.05 Å². The monoisotopic (exact) mass is 287 g/mol. The molecular formula is C16H21N3S. The summed E-state index contributed by atoms with van der Waals surface area (Å²) in [6.45, 7) is 2.14. The van der Waals surface area contributed by atoms with Crippen LogP contribution in [0, 0.1) is 0 Å². The Morgan fingerprint density at radius 3 is 2.90 bits per heavy atom. The van der Waals surface area contributed by atoms with Gasteiger partial charge < -0.3 is 5.32 Å². The molecule has 1 saturated carbocycles. The summed E-state index contributed by atoms with van der Waals surface area (Å²) in [5, 5.41) is 7.67. The summed E-state index contributed by atoms with van der Waals surface area (Å²) < 4.78 is 4.12. The van der Waals surface area contributed by atoms with E-state index in [1.165, 1.54) is 46.8 Å². The van der Waals surface area contributed by atoms with E-state index in [0.717, 1.165) is 18.0 Å². The minimum absolute atomic E-state index is 0.213. The van der Waals surface area contributed by atoms with Crippen molar-refractivity contribution in [1.29, 1.82) is 0 Å². The molecule has 3 nitrogen and oxygen atoms in total. The molecule has 1 aliphatic carbocycles. The van der Waals surface area contributed by atoms with Crippen LogP contribution in [0.15, 0.2) is 24.3 Å². The first kappa shape index (κ1) is 13.7. The summed E-state index contributed by atoms with van der Waals surface area (Å²) in [6, 6.07) is 9.25. The zero-order valence-corrected chi connectivity index (χ0v) is 12.9. The molecule has 0 spiro atoms. The van der Waals surface area contributed by atoms with Gasteiger partial charge in [-0.05, 0) is 54.9 Å². The Bertz CT molecular complexity index is 575. The third-order valence-corrected chi connectivity index (χ3v) is 5.12. The highest BCUT2D eigenvalue weighted by Gasteiger charge is 2.22. The Labute approximate surface area is 124 Å². The van der Waals surface area contributed by atoms with Crippen molar-refractivity contribution in [2.45, 2.75) is 44.6 Å². The molecule has 1 aliphatic rings. The van der Waals surface area contributed by atoms with Crippen molar-refractivity contribution in [1.82, 2.24) is 14.9 Å². The summed E-state index contributed by atoms with van der Waals surface area (Å²) in [7, 11) is 2.01. The molecule has 0 radical (unpaired) electrons. The van der Waals surface area contributed by atoms with Crippen molar-refractivity contribution in [2.24, 2.45) is 0 Å². The molecule has 0 amide bonds. The summed E-state index contributed by atoms with van der Waals surface area (Å²) in [4.78, 5) is 1.25. The van der Waals surface area contributed by atoms with Crippen LogP contribution in [0.1, 0.15) is 59.8 Å². The maximum Gasteiger partial charge on any atom is 0.0804 e. The lowest BCUT2D eigenvalue weighted by Crippen LogP contribution is -2.18. The molecule has 1 N–H and O–H groups in total. The third kappa shape index (κ3) is 2.50. The van der Waals surface area contributed by atoms with Crippen LogP contribution in [-0.2, 0) is 6.42 Å². The van der Waals surface area contributed by atoms with Crippen LogP contribution in [0.5, 0.6) is 0 Å². The van der Waals surface area contributed by atoms with Crippen molar-refractivity contribution >= 4 is 11.5 Å². The van der Waals surface area contributed by atoms with Gasteiger partial charge in [0.25, 0.3) is 0 Å². The van der Waals surface area contributed by atoms with Gasteiger partial charge in [-0.1, -0.05) is 42.1 Å². The number of hydrogen-bond acceptors (Lipinski definition) is 4. The molecule has 2 aromatic rings. The summed E-state index contributed by atoms with van der Waals surface area (Å²) >= 11 is 1.51. The highest BCUT2D eigenvalue weighted by Crippen LogP contribution is 2.37. The molecule has 0 saturated heterocycles. The average molecular weight is 287 g/mol. The smallest absolute Gasteiger partial charge is 0.0804 e. The Kier molecular flexibility index (Phi) is 4.13. The van der Waals surface area contributed by atoms with E-state index in [1.807, 2.05) is 7.05 Å². The molecule has 0 bridgehead atoms. The molecular weight excluding hydrogens is 266 g/mol. The fraction of sp³-hybridized carbons (Fsp3) is 0.500. The quantitative estimate of drug-likeness (QED) is 0.911. The number of nitrogens with zero attached hydrogens (tertiary/aromatic N) is 2. The molecule has 0 aliphatic heterocycles. The molecule has 3 rings (SSSR count). The van der Waals surface area contributed by atoms with Gasteiger partial charge in [-0.3, -0.25) is 0 Å². The summed E-state index contributed by atoms with van der Waals surface area (Å²) in [5.41, 5.74) is 3.94. The fourth-order valence-electron chi connectivity index (χ4n) is 2.86. The summed E-state index contributed by atoms with van der Waals surface area (Å²) in [6.07, 6.45) is 5.00. The van der Waals surface area contributed by atoms with E-state index in [2.05, 4.69) is 46.1 Å². The molecule has 4 heteroatoms. The molecule has 1 atom stereocenters. The number of rotatable bonds is 5. The summed E-state index contributed by atoms with van der Waals surface area (Å²) in [5.74, 6) is 0.776. The molecule has 20 heavy (non-hydrogen) atoms. The first-order chi connectivity index (χ1) is 9.83. The normalized spacial score (nSPS) is 16.9. The van der Waals surface area contributed by atoms with Gasteiger partial charge in [0, 0.05) is 0 Å². The highest BCUT2D eigenvalue weighted by molar-refractivity contribution is 7.05. The molecule has 1 aromatic heterocycles. The number of aryl methyl sites for hydroxylation is 1. The minimum atomic E-state index is 0.213. The first-order valence-corrected chi connectivity index (χ1v) is 8.19. The Morgan fingerprint density at radius 1 is 1.40 bits per heavy atom.